The van der Waals surface area contributed by atoms with Gasteiger partial charge < -0.3 is 14.6 Å². The van der Waals surface area contributed by atoms with Crippen molar-refractivity contribution in [3.8, 4) is 0 Å². The third kappa shape index (κ3) is 71.0. The first-order valence-electron chi connectivity index (χ1n) is 36.4. The minimum absolute atomic E-state index is 0.0671. The number of rotatable bonds is 67. The van der Waals surface area contributed by atoms with Crippen molar-refractivity contribution in [3.63, 3.8) is 0 Å². The smallest absolute Gasteiger partial charge is 0.306 e. The fourth-order valence-corrected chi connectivity index (χ4v) is 10.7. The summed E-state index contributed by atoms with van der Waals surface area (Å²) in [6.45, 7) is 4.07. The van der Waals surface area contributed by atoms with Crippen LogP contribution in [0.1, 0.15) is 361 Å². The molecule has 0 fully saturated rings. The molecule has 0 aromatic rings. The van der Waals surface area contributed by atoms with Crippen LogP contribution >= 0.6 is 0 Å². The lowest BCUT2D eigenvalue weighted by Gasteiger charge is -2.15. The molecular formula is C79H138O5. The first kappa shape index (κ1) is 80.6. The number of unbranched alkanes of at least 4 members (excludes halogenated alkanes) is 41. The Labute approximate surface area is 522 Å². The van der Waals surface area contributed by atoms with E-state index in [2.05, 4.69) is 123 Å². The van der Waals surface area contributed by atoms with Crippen LogP contribution in [0.5, 0.6) is 0 Å². The van der Waals surface area contributed by atoms with E-state index in [0.29, 0.717) is 12.8 Å². The Morgan fingerprint density at radius 3 is 0.774 bits per heavy atom. The van der Waals surface area contributed by atoms with E-state index in [-0.39, 0.29) is 25.2 Å². The first-order valence-corrected chi connectivity index (χ1v) is 36.4. The van der Waals surface area contributed by atoms with Crippen LogP contribution < -0.4 is 0 Å². The molecule has 0 saturated heterocycles. The summed E-state index contributed by atoms with van der Waals surface area (Å²) < 4.78 is 10.8. The molecule has 0 spiro atoms. The Hall–Kier alpha value is -3.44. The lowest BCUT2D eigenvalue weighted by atomic mass is 10.0. The summed E-state index contributed by atoms with van der Waals surface area (Å²) >= 11 is 0. The fraction of sp³-hybridized carbons (Fsp3) is 0.747. The summed E-state index contributed by atoms with van der Waals surface area (Å²) in [7, 11) is 0. The molecule has 0 aliphatic heterocycles. The van der Waals surface area contributed by atoms with E-state index < -0.39 is 6.10 Å². The van der Waals surface area contributed by atoms with Crippen molar-refractivity contribution in [1.29, 1.82) is 0 Å². The van der Waals surface area contributed by atoms with Crippen molar-refractivity contribution in [1.82, 2.24) is 0 Å². The van der Waals surface area contributed by atoms with Crippen LogP contribution in [0.3, 0.4) is 0 Å². The number of aliphatic hydroxyl groups is 1. The maximum Gasteiger partial charge on any atom is 0.306 e. The second-order valence-electron chi connectivity index (χ2n) is 24.3. The summed E-state index contributed by atoms with van der Waals surface area (Å²) in [5.74, 6) is -0.582. The second kappa shape index (κ2) is 73.8. The van der Waals surface area contributed by atoms with E-state index in [1.165, 1.54) is 238 Å². The van der Waals surface area contributed by atoms with Gasteiger partial charge in [-0.25, -0.2) is 0 Å². The molecule has 0 aromatic heterocycles. The standard InChI is InChI=1S/C79H138O5/c1-3-5-7-9-11-13-15-17-19-21-23-25-27-29-31-33-35-36-37-38-39-40-41-42-44-46-48-50-52-54-56-58-60-62-64-66-68-70-72-74-79(82)84-77(75-80)76-83-78(81)73-71-69-67-65-63-61-59-57-55-53-51-49-47-45-43-34-32-30-28-26-24-22-20-18-16-14-12-10-8-6-4-2/h5,7,11,13,17,19,23,25,29,31,35-36,38-39,41-42,46,48,77,80H,3-4,6,8-10,12,14-16,18,20-22,24,26-28,30,32-34,37,40,43-45,47,49-76H2,1-2H3/b7-5-,13-11-,19-17-,25-23-,31-29-,36-35-,39-38-,42-41-,48-46-. The Bertz CT molecular complexity index is 1610. The largest absolute Gasteiger partial charge is 0.462 e. The van der Waals surface area contributed by atoms with Crippen LogP contribution in [0, 0.1) is 0 Å². The van der Waals surface area contributed by atoms with Crippen LogP contribution in [-0.4, -0.2) is 36.4 Å². The Morgan fingerprint density at radius 1 is 0.286 bits per heavy atom. The molecule has 1 atom stereocenters. The molecule has 0 heterocycles. The quantitative estimate of drug-likeness (QED) is 0.0373. The Balaban J connectivity index is 3.48. The highest BCUT2D eigenvalue weighted by atomic mass is 16.6. The number of allylic oxidation sites excluding steroid dienone is 18. The van der Waals surface area contributed by atoms with Crippen LogP contribution in [0.25, 0.3) is 0 Å². The van der Waals surface area contributed by atoms with Gasteiger partial charge in [-0.1, -0.05) is 374 Å². The molecule has 5 heteroatoms. The SMILES string of the molecule is CC/C=C\C/C=C\C/C=C\C/C=C\C/C=C\C/C=C\C/C=C\C/C=C\C/C=C\CCCCCCCCCCCCCC(=O)OC(CO)COC(=O)CCCCCCCCCCCCCCCCCCCCCCCCCCCCCCCCC. The number of ether oxygens (including phenoxy) is 2. The number of carbonyl (C=O) groups is 2. The first-order chi connectivity index (χ1) is 41.6. The molecule has 0 amide bonds. The van der Waals surface area contributed by atoms with Gasteiger partial charge in [-0.05, 0) is 83.5 Å². The molecule has 0 rings (SSSR count). The van der Waals surface area contributed by atoms with E-state index >= 15 is 0 Å². The summed E-state index contributed by atoms with van der Waals surface area (Å²) in [6.07, 6.45) is 107. The zero-order valence-electron chi connectivity index (χ0n) is 55.6. The lowest BCUT2D eigenvalue weighted by Crippen LogP contribution is -2.28. The molecule has 1 unspecified atom stereocenters. The highest BCUT2D eigenvalue weighted by Gasteiger charge is 2.16. The molecule has 84 heavy (non-hydrogen) atoms. The van der Waals surface area contributed by atoms with E-state index in [4.69, 9.17) is 9.47 Å². The van der Waals surface area contributed by atoms with E-state index in [1.807, 2.05) is 0 Å². The fourth-order valence-electron chi connectivity index (χ4n) is 10.7. The predicted octanol–water partition coefficient (Wildman–Crippen LogP) is 25.5. The lowest BCUT2D eigenvalue weighted by molar-refractivity contribution is -0.161. The zero-order chi connectivity index (χ0) is 60.5. The normalized spacial score (nSPS) is 12.8. The van der Waals surface area contributed by atoms with E-state index in [0.717, 1.165) is 96.3 Å². The summed E-state index contributed by atoms with van der Waals surface area (Å²) in [4.78, 5) is 24.7. The molecule has 1 N–H and O–H groups in total. The van der Waals surface area contributed by atoms with Crippen molar-refractivity contribution >= 4 is 11.9 Å². The van der Waals surface area contributed by atoms with Crippen LogP contribution in [0.4, 0.5) is 0 Å². The summed E-state index contributed by atoms with van der Waals surface area (Å²) in [5, 5.41) is 9.71. The van der Waals surface area contributed by atoms with Gasteiger partial charge in [0.25, 0.3) is 0 Å². The monoisotopic (exact) mass is 1170 g/mol. The van der Waals surface area contributed by atoms with Gasteiger partial charge >= 0.3 is 11.9 Å². The highest BCUT2D eigenvalue weighted by Crippen LogP contribution is 2.18. The number of aliphatic hydroxyl groups excluding tert-OH is 1. The van der Waals surface area contributed by atoms with E-state index in [1.54, 1.807) is 0 Å². The van der Waals surface area contributed by atoms with Crippen molar-refractivity contribution in [2.24, 2.45) is 0 Å². The molecule has 0 saturated carbocycles. The van der Waals surface area contributed by atoms with Gasteiger partial charge in [0.2, 0.25) is 0 Å². The Morgan fingerprint density at radius 2 is 0.512 bits per heavy atom. The van der Waals surface area contributed by atoms with Crippen LogP contribution in [-0.2, 0) is 19.1 Å². The van der Waals surface area contributed by atoms with Gasteiger partial charge in [0, 0.05) is 12.8 Å². The molecule has 0 aliphatic carbocycles. The molecule has 484 valence electrons. The molecule has 0 radical (unpaired) electrons. The minimum Gasteiger partial charge on any atom is -0.462 e. The zero-order valence-corrected chi connectivity index (χ0v) is 55.6. The van der Waals surface area contributed by atoms with E-state index in [9.17, 15) is 14.7 Å². The van der Waals surface area contributed by atoms with Crippen molar-refractivity contribution in [3.05, 3.63) is 109 Å². The summed E-state index contributed by atoms with van der Waals surface area (Å²) in [6, 6.07) is 0. The maximum absolute atomic E-state index is 12.4. The average molecular weight is 1170 g/mol. The topological polar surface area (TPSA) is 72.8 Å². The number of hydrogen-bond donors (Lipinski definition) is 1. The second-order valence-corrected chi connectivity index (χ2v) is 24.3. The molecule has 0 aromatic carbocycles. The average Bonchev–Trinajstić information content (AvgIpc) is 3.51. The van der Waals surface area contributed by atoms with Gasteiger partial charge in [0.1, 0.15) is 6.61 Å². The van der Waals surface area contributed by atoms with Crippen molar-refractivity contribution in [2.75, 3.05) is 13.2 Å². The predicted molar refractivity (Wildman–Crippen MR) is 371 cm³/mol. The van der Waals surface area contributed by atoms with Crippen molar-refractivity contribution < 1.29 is 24.2 Å². The Kier molecular flexibility index (Phi) is 70.8. The third-order valence-electron chi connectivity index (χ3n) is 16.1. The number of carbonyl (C=O) groups excluding carboxylic acids is 2. The highest BCUT2D eigenvalue weighted by molar-refractivity contribution is 5.70. The van der Waals surface area contributed by atoms with Gasteiger partial charge in [0.05, 0.1) is 6.61 Å². The summed E-state index contributed by atoms with van der Waals surface area (Å²) in [5.41, 5.74) is 0. The van der Waals surface area contributed by atoms with Gasteiger partial charge in [-0.15, -0.1) is 0 Å². The van der Waals surface area contributed by atoms with Gasteiger partial charge in [0.15, 0.2) is 6.10 Å². The minimum atomic E-state index is -0.779. The molecule has 0 bridgehead atoms. The third-order valence-corrected chi connectivity index (χ3v) is 16.1. The van der Waals surface area contributed by atoms with Crippen LogP contribution in [0.2, 0.25) is 0 Å². The van der Waals surface area contributed by atoms with Crippen LogP contribution in [0.15, 0.2) is 109 Å². The maximum atomic E-state index is 12.4. The van der Waals surface area contributed by atoms with Gasteiger partial charge in [-0.3, -0.25) is 9.59 Å². The molecule has 0 aliphatic rings. The van der Waals surface area contributed by atoms with Crippen molar-refractivity contribution in [2.45, 2.75) is 367 Å². The number of esters is 2. The molecular weight excluding hydrogens is 1030 g/mol. The van der Waals surface area contributed by atoms with Gasteiger partial charge in [-0.2, -0.15) is 0 Å². The molecule has 5 nitrogen and oxygen atoms in total. The number of hydrogen-bond acceptors (Lipinski definition) is 5.